The lowest BCUT2D eigenvalue weighted by Crippen LogP contribution is -2.45. The topological polar surface area (TPSA) is 53.8 Å². The maximum Gasteiger partial charge on any atom is 0.254 e. The van der Waals surface area contributed by atoms with Crippen LogP contribution < -0.4 is 0 Å². The van der Waals surface area contributed by atoms with Crippen LogP contribution in [0.15, 0.2) is 75.8 Å². The van der Waals surface area contributed by atoms with Crippen LogP contribution in [0.4, 0.5) is 4.39 Å². The Bertz CT molecular complexity index is 1020. The Morgan fingerprint density at radius 1 is 1.03 bits per heavy atom. The Balaban J connectivity index is 1.80. The second kappa shape index (κ2) is 10.4. The number of hydrogen-bond acceptors (Lipinski definition) is 3. The molecular formula is C24H24BrFN2O3. The van der Waals surface area contributed by atoms with Gasteiger partial charge < -0.3 is 14.2 Å². The highest BCUT2D eigenvalue weighted by Gasteiger charge is 2.25. The summed E-state index contributed by atoms with van der Waals surface area (Å²) in [6.07, 6.45) is 1.55. The van der Waals surface area contributed by atoms with E-state index in [1.54, 1.807) is 58.5 Å². The Morgan fingerprint density at radius 3 is 2.39 bits per heavy atom. The van der Waals surface area contributed by atoms with Crippen molar-refractivity contribution in [3.63, 3.8) is 0 Å². The van der Waals surface area contributed by atoms with Crippen molar-refractivity contribution in [1.29, 1.82) is 0 Å². The first kappa shape index (κ1) is 22.7. The highest BCUT2D eigenvalue weighted by molar-refractivity contribution is 9.10. The zero-order valence-electron chi connectivity index (χ0n) is 17.4. The van der Waals surface area contributed by atoms with Crippen LogP contribution in [-0.2, 0) is 17.9 Å². The minimum atomic E-state index is -0.335. The van der Waals surface area contributed by atoms with Gasteiger partial charge in [-0.15, -0.1) is 0 Å². The predicted octanol–water partition coefficient (Wildman–Crippen LogP) is 5.26. The highest BCUT2D eigenvalue weighted by Crippen LogP contribution is 2.17. The van der Waals surface area contributed by atoms with Crippen LogP contribution >= 0.6 is 15.9 Å². The van der Waals surface area contributed by atoms with Gasteiger partial charge in [0.1, 0.15) is 18.1 Å². The number of halogens is 2. The fourth-order valence-corrected chi connectivity index (χ4v) is 3.55. The Morgan fingerprint density at radius 2 is 1.77 bits per heavy atom. The average molecular weight is 487 g/mol. The molecule has 0 aliphatic heterocycles. The number of carbonyl (C=O) groups excluding carboxylic acids is 2. The average Bonchev–Trinajstić information content (AvgIpc) is 3.25. The van der Waals surface area contributed by atoms with Gasteiger partial charge >= 0.3 is 0 Å². The third-order valence-electron chi connectivity index (χ3n) is 4.83. The summed E-state index contributed by atoms with van der Waals surface area (Å²) >= 11 is 3.38. The standard InChI is InChI=1S/C24H24BrFN2O3/c1-17(2)28(24(30)19-5-3-6-20(25)13-19)16-23(29)27(15-22-7-4-12-31-22)14-18-8-10-21(26)11-9-18/h3-13,17H,14-16H2,1-2H3. The van der Waals surface area contributed by atoms with Gasteiger partial charge in [-0.1, -0.05) is 34.1 Å². The van der Waals surface area contributed by atoms with E-state index in [0.29, 0.717) is 11.3 Å². The van der Waals surface area contributed by atoms with E-state index in [0.717, 1.165) is 10.0 Å². The summed E-state index contributed by atoms with van der Waals surface area (Å²) in [5.41, 5.74) is 1.29. The van der Waals surface area contributed by atoms with Crippen LogP contribution in [0.5, 0.6) is 0 Å². The highest BCUT2D eigenvalue weighted by atomic mass is 79.9. The van der Waals surface area contributed by atoms with Gasteiger partial charge in [0.25, 0.3) is 5.91 Å². The van der Waals surface area contributed by atoms with Crippen molar-refractivity contribution in [1.82, 2.24) is 9.80 Å². The quantitative estimate of drug-likeness (QED) is 0.436. The van der Waals surface area contributed by atoms with Gasteiger partial charge in [-0.05, 0) is 61.9 Å². The second-order valence-corrected chi connectivity index (χ2v) is 8.41. The zero-order chi connectivity index (χ0) is 22.4. The Kier molecular flexibility index (Phi) is 7.63. The number of carbonyl (C=O) groups is 2. The molecule has 0 spiro atoms. The van der Waals surface area contributed by atoms with Crippen LogP contribution in [0.1, 0.15) is 35.5 Å². The van der Waals surface area contributed by atoms with Crippen LogP contribution in [0.25, 0.3) is 0 Å². The number of benzene rings is 2. The van der Waals surface area contributed by atoms with Gasteiger partial charge in [-0.25, -0.2) is 4.39 Å². The molecule has 0 saturated heterocycles. The van der Waals surface area contributed by atoms with Crippen LogP contribution in [0.3, 0.4) is 0 Å². The van der Waals surface area contributed by atoms with Gasteiger partial charge in [-0.3, -0.25) is 9.59 Å². The second-order valence-electron chi connectivity index (χ2n) is 7.49. The summed E-state index contributed by atoms with van der Waals surface area (Å²) in [6, 6.07) is 16.5. The molecule has 3 rings (SSSR count). The molecule has 162 valence electrons. The van der Waals surface area contributed by atoms with Gasteiger partial charge in [0, 0.05) is 22.6 Å². The number of hydrogen-bond donors (Lipinski definition) is 0. The van der Waals surface area contributed by atoms with E-state index >= 15 is 0 Å². The molecule has 0 radical (unpaired) electrons. The molecule has 0 saturated carbocycles. The van der Waals surface area contributed by atoms with E-state index in [2.05, 4.69) is 15.9 Å². The molecule has 1 aromatic heterocycles. The number of rotatable bonds is 8. The number of nitrogens with zero attached hydrogens (tertiary/aromatic N) is 2. The van der Waals surface area contributed by atoms with Crippen molar-refractivity contribution in [2.75, 3.05) is 6.54 Å². The maximum atomic E-state index is 13.3. The minimum absolute atomic E-state index is 0.0785. The molecule has 31 heavy (non-hydrogen) atoms. The largest absolute Gasteiger partial charge is 0.467 e. The van der Waals surface area contributed by atoms with Crippen LogP contribution in [-0.4, -0.2) is 34.2 Å². The third-order valence-corrected chi connectivity index (χ3v) is 5.32. The Labute approximate surface area is 189 Å². The van der Waals surface area contributed by atoms with Crippen molar-refractivity contribution in [3.05, 3.63) is 94.1 Å². The molecule has 0 aliphatic rings. The SMILES string of the molecule is CC(C)N(CC(=O)N(Cc1ccc(F)cc1)Cc1ccco1)C(=O)c1cccc(Br)c1. The lowest BCUT2D eigenvalue weighted by molar-refractivity contribution is -0.133. The lowest BCUT2D eigenvalue weighted by atomic mass is 10.1. The lowest BCUT2D eigenvalue weighted by Gasteiger charge is -2.30. The van der Waals surface area contributed by atoms with Crippen LogP contribution in [0, 0.1) is 5.82 Å². The number of furan rings is 1. The summed E-state index contributed by atoms with van der Waals surface area (Å²) in [5.74, 6) is -0.148. The molecule has 0 unspecified atom stereocenters. The van der Waals surface area contributed by atoms with Gasteiger partial charge in [0.15, 0.2) is 0 Å². The Hall–Kier alpha value is -2.93. The van der Waals surface area contributed by atoms with Crippen molar-refractivity contribution in [3.8, 4) is 0 Å². The molecule has 0 N–H and O–H groups in total. The summed E-state index contributed by atoms with van der Waals surface area (Å²) in [7, 11) is 0. The summed E-state index contributed by atoms with van der Waals surface area (Å²) < 4.78 is 19.5. The molecule has 2 aromatic carbocycles. The monoisotopic (exact) mass is 486 g/mol. The third kappa shape index (κ3) is 6.28. The molecule has 2 amide bonds. The first-order valence-corrected chi connectivity index (χ1v) is 10.7. The van der Waals surface area contributed by atoms with Crippen molar-refractivity contribution in [2.24, 2.45) is 0 Å². The smallest absolute Gasteiger partial charge is 0.254 e. The van der Waals surface area contributed by atoms with Crippen LogP contribution in [0.2, 0.25) is 0 Å². The fraction of sp³-hybridized carbons (Fsp3) is 0.250. The summed E-state index contributed by atoms with van der Waals surface area (Å²) in [5, 5.41) is 0. The van der Waals surface area contributed by atoms with E-state index < -0.39 is 0 Å². The van der Waals surface area contributed by atoms with Crippen molar-refractivity contribution in [2.45, 2.75) is 33.0 Å². The first-order valence-electron chi connectivity index (χ1n) is 9.94. The molecule has 3 aromatic rings. The maximum absolute atomic E-state index is 13.3. The van der Waals surface area contributed by atoms with Gasteiger partial charge in [0.2, 0.25) is 5.91 Å². The molecule has 1 heterocycles. The van der Waals surface area contributed by atoms with E-state index in [1.165, 1.54) is 12.1 Å². The van der Waals surface area contributed by atoms with E-state index in [1.807, 2.05) is 19.9 Å². The molecule has 0 fully saturated rings. The summed E-state index contributed by atoms with van der Waals surface area (Å²) in [4.78, 5) is 29.5. The molecule has 0 atom stereocenters. The van der Waals surface area contributed by atoms with E-state index in [-0.39, 0.29) is 43.3 Å². The first-order chi connectivity index (χ1) is 14.8. The molecule has 0 aliphatic carbocycles. The molecule has 0 bridgehead atoms. The normalized spacial score (nSPS) is 10.9. The predicted molar refractivity (Wildman–Crippen MR) is 120 cm³/mol. The summed E-state index contributed by atoms with van der Waals surface area (Å²) in [6.45, 7) is 4.20. The van der Waals surface area contributed by atoms with Gasteiger partial charge in [0.05, 0.1) is 12.8 Å². The molecular weight excluding hydrogens is 463 g/mol. The molecule has 7 heteroatoms. The van der Waals surface area contributed by atoms with Crippen molar-refractivity contribution >= 4 is 27.7 Å². The van der Waals surface area contributed by atoms with E-state index in [4.69, 9.17) is 4.42 Å². The fourth-order valence-electron chi connectivity index (χ4n) is 3.16. The van der Waals surface area contributed by atoms with Gasteiger partial charge in [-0.2, -0.15) is 0 Å². The number of amides is 2. The molecule has 5 nitrogen and oxygen atoms in total. The van der Waals surface area contributed by atoms with Crippen molar-refractivity contribution < 1.29 is 18.4 Å². The zero-order valence-corrected chi connectivity index (χ0v) is 19.0. The minimum Gasteiger partial charge on any atom is -0.467 e. The van der Waals surface area contributed by atoms with E-state index in [9.17, 15) is 14.0 Å².